The number of para-hydroxylation sites is 1. The van der Waals surface area contributed by atoms with Gasteiger partial charge in [0.05, 0.1) is 12.2 Å². The van der Waals surface area contributed by atoms with Crippen LogP contribution < -0.4 is 4.74 Å². The van der Waals surface area contributed by atoms with E-state index in [1.807, 2.05) is 32.0 Å². The number of methoxy groups -OCH3 is 1. The summed E-state index contributed by atoms with van der Waals surface area (Å²) in [7, 11) is 1.62. The number of benzene rings is 1. The maximum absolute atomic E-state index is 11.9. The van der Waals surface area contributed by atoms with Crippen molar-refractivity contribution in [2.75, 3.05) is 20.3 Å². The van der Waals surface area contributed by atoms with E-state index in [-0.39, 0.29) is 11.7 Å². The Labute approximate surface area is 96.4 Å². The molecule has 0 heterocycles. The van der Waals surface area contributed by atoms with Gasteiger partial charge >= 0.3 is 0 Å². The molecule has 1 aromatic carbocycles. The molecule has 0 radical (unpaired) electrons. The van der Waals surface area contributed by atoms with Gasteiger partial charge in [0.2, 0.25) is 0 Å². The SMILES string of the molecule is COCCOc1ccccc1C(=O)C(C)C. The molecule has 0 aliphatic rings. The summed E-state index contributed by atoms with van der Waals surface area (Å²) >= 11 is 0. The summed E-state index contributed by atoms with van der Waals surface area (Å²) in [6, 6.07) is 7.31. The highest BCUT2D eigenvalue weighted by molar-refractivity contribution is 5.99. The van der Waals surface area contributed by atoms with Crippen LogP contribution in [0.5, 0.6) is 5.75 Å². The number of carbonyl (C=O) groups excluding carboxylic acids is 1. The largest absolute Gasteiger partial charge is 0.490 e. The summed E-state index contributed by atoms with van der Waals surface area (Å²) in [5, 5.41) is 0. The van der Waals surface area contributed by atoms with Crippen molar-refractivity contribution in [2.45, 2.75) is 13.8 Å². The number of Topliss-reactive ketones (excluding diaryl/α,β-unsaturated/α-hetero) is 1. The molecule has 1 rings (SSSR count). The summed E-state index contributed by atoms with van der Waals surface area (Å²) in [4.78, 5) is 11.9. The number of carbonyl (C=O) groups is 1. The zero-order valence-electron chi connectivity index (χ0n) is 10.0. The first-order chi connectivity index (χ1) is 7.66. The first-order valence-electron chi connectivity index (χ1n) is 5.41. The van der Waals surface area contributed by atoms with E-state index in [0.717, 1.165) is 0 Å². The monoisotopic (exact) mass is 222 g/mol. The number of ketones is 1. The van der Waals surface area contributed by atoms with E-state index < -0.39 is 0 Å². The third-order valence-corrected chi connectivity index (χ3v) is 2.22. The fourth-order valence-electron chi connectivity index (χ4n) is 1.34. The lowest BCUT2D eigenvalue weighted by Gasteiger charge is -2.11. The minimum Gasteiger partial charge on any atom is -0.490 e. The van der Waals surface area contributed by atoms with Crippen molar-refractivity contribution in [3.63, 3.8) is 0 Å². The van der Waals surface area contributed by atoms with E-state index in [1.54, 1.807) is 13.2 Å². The Kier molecular flexibility index (Phi) is 4.99. The van der Waals surface area contributed by atoms with Gasteiger partial charge in [0.1, 0.15) is 12.4 Å². The molecule has 0 unspecified atom stereocenters. The van der Waals surface area contributed by atoms with E-state index in [2.05, 4.69) is 0 Å². The van der Waals surface area contributed by atoms with Gasteiger partial charge in [0.25, 0.3) is 0 Å². The predicted octanol–water partition coefficient (Wildman–Crippen LogP) is 2.55. The van der Waals surface area contributed by atoms with Gasteiger partial charge in [-0.15, -0.1) is 0 Å². The minimum absolute atomic E-state index is 0.0211. The molecule has 88 valence electrons. The molecule has 0 amide bonds. The molecule has 0 saturated carbocycles. The minimum atomic E-state index is -0.0211. The highest BCUT2D eigenvalue weighted by atomic mass is 16.5. The smallest absolute Gasteiger partial charge is 0.169 e. The van der Waals surface area contributed by atoms with Crippen molar-refractivity contribution in [3.05, 3.63) is 29.8 Å². The van der Waals surface area contributed by atoms with Crippen LogP contribution in [-0.2, 0) is 4.74 Å². The molecule has 0 aromatic heterocycles. The van der Waals surface area contributed by atoms with Crippen molar-refractivity contribution < 1.29 is 14.3 Å². The number of hydrogen-bond donors (Lipinski definition) is 0. The Morgan fingerprint density at radius 2 is 1.94 bits per heavy atom. The van der Waals surface area contributed by atoms with Crippen LogP contribution in [0.1, 0.15) is 24.2 Å². The van der Waals surface area contributed by atoms with E-state index in [1.165, 1.54) is 0 Å². The quantitative estimate of drug-likeness (QED) is 0.548. The van der Waals surface area contributed by atoms with E-state index >= 15 is 0 Å². The lowest BCUT2D eigenvalue weighted by molar-refractivity contribution is 0.0931. The Bertz CT molecular complexity index is 345. The van der Waals surface area contributed by atoms with Gasteiger partial charge in [-0.2, -0.15) is 0 Å². The van der Waals surface area contributed by atoms with Crippen LogP contribution in [0, 0.1) is 5.92 Å². The summed E-state index contributed by atoms with van der Waals surface area (Å²) in [5.74, 6) is 0.721. The van der Waals surface area contributed by atoms with Crippen LogP contribution >= 0.6 is 0 Å². The molecule has 0 atom stereocenters. The highest BCUT2D eigenvalue weighted by Gasteiger charge is 2.14. The molecule has 0 bridgehead atoms. The van der Waals surface area contributed by atoms with Crippen molar-refractivity contribution in [1.29, 1.82) is 0 Å². The maximum atomic E-state index is 11.9. The molecule has 0 saturated heterocycles. The molecule has 0 N–H and O–H groups in total. The fraction of sp³-hybridized carbons (Fsp3) is 0.462. The molecule has 0 aliphatic heterocycles. The molecule has 1 aromatic rings. The molecule has 16 heavy (non-hydrogen) atoms. The number of ether oxygens (including phenoxy) is 2. The molecular weight excluding hydrogens is 204 g/mol. The first kappa shape index (κ1) is 12.7. The Balaban J connectivity index is 2.79. The van der Waals surface area contributed by atoms with Crippen LogP contribution in [0.15, 0.2) is 24.3 Å². The van der Waals surface area contributed by atoms with Crippen molar-refractivity contribution in [3.8, 4) is 5.75 Å². The summed E-state index contributed by atoms with van der Waals surface area (Å²) < 4.78 is 10.4. The third kappa shape index (κ3) is 3.35. The normalized spacial score (nSPS) is 10.5. The lowest BCUT2D eigenvalue weighted by Crippen LogP contribution is -2.11. The second-order valence-corrected chi connectivity index (χ2v) is 3.86. The second-order valence-electron chi connectivity index (χ2n) is 3.86. The fourth-order valence-corrected chi connectivity index (χ4v) is 1.34. The van der Waals surface area contributed by atoms with Crippen LogP contribution in [0.3, 0.4) is 0 Å². The van der Waals surface area contributed by atoms with E-state index in [9.17, 15) is 4.79 Å². The zero-order chi connectivity index (χ0) is 12.0. The summed E-state index contributed by atoms with van der Waals surface area (Å²) in [5.41, 5.74) is 0.647. The van der Waals surface area contributed by atoms with Crippen molar-refractivity contribution in [2.24, 2.45) is 5.92 Å². The highest BCUT2D eigenvalue weighted by Crippen LogP contribution is 2.21. The number of hydrogen-bond acceptors (Lipinski definition) is 3. The standard InChI is InChI=1S/C13H18O3/c1-10(2)13(14)11-6-4-5-7-12(11)16-9-8-15-3/h4-7,10H,8-9H2,1-3H3. The summed E-state index contributed by atoms with van der Waals surface area (Å²) in [6.45, 7) is 4.74. The van der Waals surface area contributed by atoms with Gasteiger partial charge in [0, 0.05) is 13.0 Å². The van der Waals surface area contributed by atoms with E-state index in [0.29, 0.717) is 24.5 Å². The van der Waals surface area contributed by atoms with Gasteiger partial charge in [-0.1, -0.05) is 26.0 Å². The zero-order valence-corrected chi connectivity index (χ0v) is 10.0. The van der Waals surface area contributed by atoms with E-state index in [4.69, 9.17) is 9.47 Å². The molecule has 0 aliphatic carbocycles. The Hall–Kier alpha value is -1.35. The topological polar surface area (TPSA) is 35.5 Å². The average Bonchev–Trinajstić information content (AvgIpc) is 2.29. The Morgan fingerprint density at radius 1 is 1.25 bits per heavy atom. The molecule has 0 fully saturated rings. The molecule has 3 heteroatoms. The average molecular weight is 222 g/mol. The van der Waals surface area contributed by atoms with Crippen LogP contribution in [0.4, 0.5) is 0 Å². The van der Waals surface area contributed by atoms with Gasteiger partial charge < -0.3 is 9.47 Å². The number of rotatable bonds is 6. The lowest BCUT2D eigenvalue weighted by atomic mass is 10.0. The third-order valence-electron chi connectivity index (χ3n) is 2.22. The van der Waals surface area contributed by atoms with Gasteiger partial charge in [0.15, 0.2) is 5.78 Å². The molecule has 3 nitrogen and oxygen atoms in total. The second kappa shape index (κ2) is 6.28. The predicted molar refractivity (Wildman–Crippen MR) is 63.0 cm³/mol. The van der Waals surface area contributed by atoms with Crippen molar-refractivity contribution >= 4 is 5.78 Å². The maximum Gasteiger partial charge on any atom is 0.169 e. The van der Waals surface area contributed by atoms with Crippen LogP contribution in [-0.4, -0.2) is 26.1 Å². The van der Waals surface area contributed by atoms with Crippen molar-refractivity contribution in [1.82, 2.24) is 0 Å². The van der Waals surface area contributed by atoms with Gasteiger partial charge in [-0.3, -0.25) is 4.79 Å². The van der Waals surface area contributed by atoms with Gasteiger partial charge in [-0.25, -0.2) is 0 Å². The summed E-state index contributed by atoms with van der Waals surface area (Å²) in [6.07, 6.45) is 0. The van der Waals surface area contributed by atoms with Crippen LogP contribution in [0.2, 0.25) is 0 Å². The van der Waals surface area contributed by atoms with Crippen LogP contribution in [0.25, 0.3) is 0 Å². The Morgan fingerprint density at radius 3 is 2.56 bits per heavy atom. The van der Waals surface area contributed by atoms with Gasteiger partial charge in [-0.05, 0) is 12.1 Å². The molecule has 0 spiro atoms. The first-order valence-corrected chi connectivity index (χ1v) is 5.41. The molecular formula is C13H18O3.